The molecule has 0 aliphatic rings. The molecule has 4 aromatic rings. The highest BCUT2D eigenvalue weighted by molar-refractivity contribution is 6.06. The van der Waals surface area contributed by atoms with E-state index in [-0.39, 0.29) is 5.91 Å². The molecule has 4 rings (SSSR count). The van der Waals surface area contributed by atoms with Crippen LogP contribution in [0.4, 0.5) is 0 Å². The summed E-state index contributed by atoms with van der Waals surface area (Å²) in [5.41, 5.74) is 2.61. The van der Waals surface area contributed by atoms with Crippen molar-refractivity contribution in [3.05, 3.63) is 78.4 Å². The zero-order valence-corrected chi connectivity index (χ0v) is 13.8. The molecule has 0 aliphatic heterocycles. The van der Waals surface area contributed by atoms with Gasteiger partial charge in [-0.15, -0.1) is 0 Å². The molecule has 1 amide bonds. The number of hydrogen-bond acceptors (Lipinski definition) is 3. The van der Waals surface area contributed by atoms with Crippen molar-refractivity contribution < 1.29 is 4.79 Å². The number of carbonyl (C=O) groups excluding carboxylic acids is 1. The number of amides is 1. The van der Waals surface area contributed by atoms with Gasteiger partial charge in [0.25, 0.3) is 5.91 Å². The summed E-state index contributed by atoms with van der Waals surface area (Å²) in [6.45, 7) is 0.380. The summed E-state index contributed by atoms with van der Waals surface area (Å²) in [5.74, 6) is 0.609. The molecule has 0 atom stereocenters. The molecule has 0 saturated heterocycles. The molecule has 124 valence electrons. The number of rotatable bonds is 4. The predicted molar refractivity (Wildman–Crippen MR) is 95.4 cm³/mol. The van der Waals surface area contributed by atoms with Gasteiger partial charge < -0.3 is 9.88 Å². The second-order valence-corrected chi connectivity index (χ2v) is 5.79. The molecule has 3 aromatic heterocycles. The van der Waals surface area contributed by atoms with Crippen molar-refractivity contribution in [2.24, 2.45) is 7.05 Å². The highest BCUT2D eigenvalue weighted by Gasteiger charge is 2.14. The molecular weight excluding hydrogens is 314 g/mol. The Morgan fingerprint density at radius 1 is 1.12 bits per heavy atom. The molecule has 1 N–H and O–H groups in total. The average Bonchev–Trinajstić information content (AvgIpc) is 3.29. The van der Waals surface area contributed by atoms with Crippen LogP contribution in [0.3, 0.4) is 0 Å². The molecule has 0 fully saturated rings. The maximum Gasteiger partial charge on any atom is 0.253 e. The van der Waals surface area contributed by atoms with Gasteiger partial charge in [-0.1, -0.05) is 24.3 Å². The van der Waals surface area contributed by atoms with Gasteiger partial charge in [0.15, 0.2) is 5.82 Å². The van der Waals surface area contributed by atoms with Crippen LogP contribution in [0.15, 0.2) is 67.3 Å². The van der Waals surface area contributed by atoms with Crippen molar-refractivity contribution in [2.75, 3.05) is 0 Å². The number of carbonyl (C=O) groups is 1. The lowest BCUT2D eigenvalue weighted by molar-refractivity contribution is 0.0952. The minimum atomic E-state index is -0.105. The van der Waals surface area contributed by atoms with Gasteiger partial charge in [0.2, 0.25) is 0 Å². The number of aromatic nitrogens is 4. The lowest BCUT2D eigenvalue weighted by atomic mass is 10.1. The summed E-state index contributed by atoms with van der Waals surface area (Å²) in [6, 6.07) is 13.5. The number of fused-ring (bicyclic) bond motifs is 1. The van der Waals surface area contributed by atoms with Crippen molar-refractivity contribution in [3.8, 4) is 5.82 Å². The zero-order chi connectivity index (χ0) is 17.2. The largest absolute Gasteiger partial charge is 0.350 e. The average molecular weight is 331 g/mol. The molecule has 0 spiro atoms. The van der Waals surface area contributed by atoms with E-state index in [9.17, 15) is 4.79 Å². The fourth-order valence-corrected chi connectivity index (χ4v) is 2.96. The molecule has 0 radical (unpaired) electrons. The summed E-state index contributed by atoms with van der Waals surface area (Å²) in [6.07, 6.45) is 7.11. The summed E-state index contributed by atoms with van der Waals surface area (Å²) in [4.78, 5) is 17.0. The van der Waals surface area contributed by atoms with Gasteiger partial charge in [-0.2, -0.15) is 5.10 Å². The molecule has 0 saturated carbocycles. The number of nitrogens with zero attached hydrogens (tertiary/aromatic N) is 4. The van der Waals surface area contributed by atoms with E-state index in [0.29, 0.717) is 17.9 Å². The standard InChI is InChI=1S/C19H17N5O/c1-23-13-16(15-7-2-3-8-17(15)23)19(25)21-12-14-6-4-9-20-18(14)24-11-5-10-22-24/h2-11,13H,12H2,1H3,(H,21,25). The maximum atomic E-state index is 12.7. The lowest BCUT2D eigenvalue weighted by Crippen LogP contribution is -2.23. The van der Waals surface area contributed by atoms with Crippen LogP contribution in [0, 0.1) is 0 Å². The second kappa shape index (κ2) is 6.24. The fraction of sp³-hybridized carbons (Fsp3) is 0.105. The fourth-order valence-electron chi connectivity index (χ4n) is 2.96. The van der Waals surface area contributed by atoms with Crippen LogP contribution in [0.25, 0.3) is 16.7 Å². The number of nitrogens with one attached hydrogen (secondary N) is 1. The van der Waals surface area contributed by atoms with Gasteiger partial charge in [-0.05, 0) is 18.2 Å². The topological polar surface area (TPSA) is 64.7 Å². The van der Waals surface area contributed by atoms with E-state index in [4.69, 9.17) is 0 Å². The van der Waals surface area contributed by atoms with Crippen molar-refractivity contribution in [2.45, 2.75) is 6.54 Å². The van der Waals surface area contributed by atoms with E-state index < -0.39 is 0 Å². The maximum absolute atomic E-state index is 12.7. The summed E-state index contributed by atoms with van der Waals surface area (Å²) in [5, 5.41) is 8.15. The molecule has 6 nitrogen and oxygen atoms in total. The number of benzene rings is 1. The monoisotopic (exact) mass is 331 g/mol. The molecule has 0 bridgehead atoms. The minimum Gasteiger partial charge on any atom is -0.350 e. The Morgan fingerprint density at radius 3 is 2.84 bits per heavy atom. The Morgan fingerprint density at radius 2 is 2.00 bits per heavy atom. The third kappa shape index (κ3) is 2.78. The Balaban J connectivity index is 1.59. The van der Waals surface area contributed by atoms with Crippen LogP contribution >= 0.6 is 0 Å². The normalized spacial score (nSPS) is 10.9. The van der Waals surface area contributed by atoms with Crippen molar-refractivity contribution in [1.29, 1.82) is 0 Å². The lowest BCUT2D eigenvalue weighted by Gasteiger charge is -2.09. The van der Waals surface area contributed by atoms with Gasteiger partial charge >= 0.3 is 0 Å². The first-order chi connectivity index (χ1) is 12.2. The smallest absolute Gasteiger partial charge is 0.253 e. The zero-order valence-electron chi connectivity index (χ0n) is 13.8. The van der Waals surface area contributed by atoms with E-state index in [1.807, 2.05) is 66.5 Å². The van der Waals surface area contributed by atoms with E-state index in [1.165, 1.54) is 0 Å². The molecule has 25 heavy (non-hydrogen) atoms. The molecule has 1 aromatic carbocycles. The first kappa shape index (κ1) is 15.1. The Hall–Kier alpha value is -3.41. The summed E-state index contributed by atoms with van der Waals surface area (Å²) >= 11 is 0. The summed E-state index contributed by atoms with van der Waals surface area (Å²) < 4.78 is 3.66. The van der Waals surface area contributed by atoms with Crippen LogP contribution in [0.2, 0.25) is 0 Å². The first-order valence-corrected chi connectivity index (χ1v) is 8.00. The highest BCUT2D eigenvalue weighted by atomic mass is 16.1. The van der Waals surface area contributed by atoms with Crippen LogP contribution in [0.1, 0.15) is 15.9 Å². The van der Waals surface area contributed by atoms with Crippen molar-refractivity contribution in [3.63, 3.8) is 0 Å². The van der Waals surface area contributed by atoms with E-state index in [2.05, 4.69) is 15.4 Å². The van der Waals surface area contributed by atoms with Crippen LogP contribution in [-0.4, -0.2) is 25.2 Å². The summed E-state index contributed by atoms with van der Waals surface area (Å²) in [7, 11) is 1.94. The third-order valence-corrected chi connectivity index (χ3v) is 4.17. The van der Waals surface area contributed by atoms with Crippen LogP contribution in [-0.2, 0) is 13.6 Å². The molecule has 6 heteroatoms. The molecule has 0 unspecified atom stereocenters. The molecular formula is C19H17N5O. The van der Waals surface area contributed by atoms with Gasteiger partial charge in [0.1, 0.15) is 0 Å². The van der Waals surface area contributed by atoms with E-state index in [0.717, 1.165) is 16.5 Å². The van der Waals surface area contributed by atoms with Crippen molar-refractivity contribution >= 4 is 16.8 Å². The number of aryl methyl sites for hydroxylation is 1. The molecule has 0 aliphatic carbocycles. The number of pyridine rings is 1. The van der Waals surface area contributed by atoms with E-state index in [1.54, 1.807) is 17.1 Å². The minimum absolute atomic E-state index is 0.105. The number of hydrogen-bond donors (Lipinski definition) is 1. The molecule has 3 heterocycles. The van der Waals surface area contributed by atoms with Crippen molar-refractivity contribution in [1.82, 2.24) is 24.6 Å². The van der Waals surface area contributed by atoms with Gasteiger partial charge in [-0.25, -0.2) is 9.67 Å². The Labute approximate surface area is 144 Å². The van der Waals surface area contributed by atoms with Gasteiger partial charge in [0.05, 0.1) is 5.56 Å². The predicted octanol–water partition coefficient (Wildman–Crippen LogP) is 2.69. The highest BCUT2D eigenvalue weighted by Crippen LogP contribution is 2.20. The van der Waals surface area contributed by atoms with Gasteiger partial charge in [0, 0.05) is 54.8 Å². The first-order valence-electron chi connectivity index (χ1n) is 8.00. The van der Waals surface area contributed by atoms with Crippen LogP contribution in [0.5, 0.6) is 0 Å². The van der Waals surface area contributed by atoms with E-state index >= 15 is 0 Å². The third-order valence-electron chi connectivity index (χ3n) is 4.17. The Bertz CT molecular complexity index is 1030. The SMILES string of the molecule is Cn1cc(C(=O)NCc2cccnc2-n2cccn2)c2ccccc21. The quantitative estimate of drug-likeness (QED) is 0.625. The number of para-hydroxylation sites is 1. The second-order valence-electron chi connectivity index (χ2n) is 5.79. The van der Waals surface area contributed by atoms with Crippen LogP contribution < -0.4 is 5.32 Å². The Kier molecular flexibility index (Phi) is 3.78. The van der Waals surface area contributed by atoms with Gasteiger partial charge in [-0.3, -0.25) is 4.79 Å².